The van der Waals surface area contributed by atoms with Crippen LogP contribution in [-0.4, -0.2) is 12.5 Å². The zero-order valence-corrected chi connectivity index (χ0v) is 11.4. The number of carbonyl (C=O) groups excluding carboxylic acids is 1. The van der Waals surface area contributed by atoms with E-state index in [1.807, 2.05) is 43.3 Å². The molecule has 0 spiro atoms. The maximum atomic E-state index is 11.8. The van der Waals surface area contributed by atoms with Crippen LogP contribution in [0.1, 0.15) is 12.0 Å². The lowest BCUT2D eigenvalue weighted by atomic mass is 10.2. The highest BCUT2D eigenvalue weighted by atomic mass is 16.5. The molecule has 2 aromatic carbocycles. The summed E-state index contributed by atoms with van der Waals surface area (Å²) in [6, 6.07) is 14.9. The number of anilines is 2. The number of nitrogens with two attached hydrogens (primary N) is 1. The highest BCUT2D eigenvalue weighted by Gasteiger charge is 2.05. The van der Waals surface area contributed by atoms with Gasteiger partial charge in [-0.1, -0.05) is 30.3 Å². The van der Waals surface area contributed by atoms with E-state index in [2.05, 4.69) is 5.32 Å². The van der Waals surface area contributed by atoms with Gasteiger partial charge >= 0.3 is 0 Å². The molecule has 0 aliphatic heterocycles. The van der Waals surface area contributed by atoms with Crippen LogP contribution in [0.3, 0.4) is 0 Å². The Morgan fingerprint density at radius 3 is 2.60 bits per heavy atom. The van der Waals surface area contributed by atoms with Gasteiger partial charge in [0.15, 0.2) is 0 Å². The molecule has 4 heteroatoms. The summed E-state index contributed by atoms with van der Waals surface area (Å²) in [5.74, 6) is 0.532. The molecule has 4 nitrogen and oxygen atoms in total. The topological polar surface area (TPSA) is 64.3 Å². The maximum absolute atomic E-state index is 11.8. The van der Waals surface area contributed by atoms with Gasteiger partial charge in [-0.3, -0.25) is 4.79 Å². The molecular weight excluding hydrogens is 252 g/mol. The summed E-state index contributed by atoms with van der Waals surface area (Å²) in [5, 5.41) is 2.86. The molecule has 0 atom stereocenters. The molecule has 0 aromatic heterocycles. The number of nitrogen functional groups attached to an aromatic ring is 1. The van der Waals surface area contributed by atoms with Crippen LogP contribution in [0.15, 0.2) is 48.5 Å². The van der Waals surface area contributed by atoms with Crippen LogP contribution in [0.5, 0.6) is 5.75 Å². The van der Waals surface area contributed by atoms with Crippen LogP contribution in [0.4, 0.5) is 11.4 Å². The minimum atomic E-state index is -0.0752. The quantitative estimate of drug-likeness (QED) is 0.821. The first-order valence-corrected chi connectivity index (χ1v) is 6.49. The molecule has 104 valence electrons. The SMILES string of the molecule is Cc1ccccc1NC(=O)CCOc1ccccc1N. The fraction of sp³-hybridized carbons (Fsp3) is 0.188. The Morgan fingerprint density at radius 2 is 1.85 bits per heavy atom. The van der Waals surface area contributed by atoms with E-state index < -0.39 is 0 Å². The Morgan fingerprint density at radius 1 is 1.15 bits per heavy atom. The number of para-hydroxylation sites is 3. The minimum absolute atomic E-state index is 0.0752. The average Bonchev–Trinajstić information content (AvgIpc) is 2.43. The average molecular weight is 270 g/mol. The van der Waals surface area contributed by atoms with E-state index in [1.54, 1.807) is 12.1 Å². The van der Waals surface area contributed by atoms with Crippen LogP contribution < -0.4 is 15.8 Å². The second-order valence-electron chi connectivity index (χ2n) is 4.50. The molecular formula is C16H18N2O2. The molecule has 3 N–H and O–H groups in total. The highest BCUT2D eigenvalue weighted by molar-refractivity contribution is 5.91. The Bertz CT molecular complexity index is 597. The molecule has 0 heterocycles. The summed E-state index contributed by atoms with van der Waals surface area (Å²) in [7, 11) is 0. The molecule has 2 aromatic rings. The molecule has 0 fully saturated rings. The number of amides is 1. The molecule has 0 bridgehead atoms. The standard InChI is InChI=1S/C16H18N2O2/c1-12-6-2-4-8-14(12)18-16(19)10-11-20-15-9-5-3-7-13(15)17/h2-9H,10-11,17H2,1H3,(H,18,19). The molecule has 0 aliphatic rings. The Hall–Kier alpha value is -2.49. The van der Waals surface area contributed by atoms with Crippen molar-refractivity contribution in [3.8, 4) is 5.75 Å². The first-order chi connectivity index (χ1) is 9.66. The third-order valence-corrected chi connectivity index (χ3v) is 2.92. The van der Waals surface area contributed by atoms with Crippen molar-refractivity contribution in [3.05, 3.63) is 54.1 Å². The van der Waals surface area contributed by atoms with Gasteiger partial charge in [-0.2, -0.15) is 0 Å². The van der Waals surface area contributed by atoms with Gasteiger partial charge in [0.2, 0.25) is 5.91 Å². The number of rotatable bonds is 5. The first-order valence-electron chi connectivity index (χ1n) is 6.49. The normalized spacial score (nSPS) is 10.1. The van der Waals surface area contributed by atoms with E-state index in [1.165, 1.54) is 0 Å². The minimum Gasteiger partial charge on any atom is -0.491 e. The smallest absolute Gasteiger partial charge is 0.227 e. The number of nitrogens with one attached hydrogen (secondary N) is 1. The predicted octanol–water partition coefficient (Wildman–Crippen LogP) is 2.98. The van der Waals surface area contributed by atoms with Crippen molar-refractivity contribution in [2.75, 3.05) is 17.7 Å². The van der Waals surface area contributed by atoms with E-state index in [4.69, 9.17) is 10.5 Å². The number of benzene rings is 2. The number of ether oxygens (including phenoxy) is 1. The molecule has 1 amide bonds. The summed E-state index contributed by atoms with van der Waals surface area (Å²) in [4.78, 5) is 11.8. The van der Waals surface area contributed by atoms with Crippen molar-refractivity contribution in [2.45, 2.75) is 13.3 Å². The van der Waals surface area contributed by atoms with Crippen molar-refractivity contribution in [3.63, 3.8) is 0 Å². The van der Waals surface area contributed by atoms with Crippen LogP contribution >= 0.6 is 0 Å². The largest absolute Gasteiger partial charge is 0.491 e. The lowest BCUT2D eigenvalue weighted by molar-refractivity contribution is -0.116. The van der Waals surface area contributed by atoms with Gasteiger partial charge in [0.05, 0.1) is 18.7 Å². The Kier molecular flexibility index (Phi) is 4.60. The Balaban J connectivity index is 1.82. The zero-order valence-electron chi connectivity index (χ0n) is 11.4. The highest BCUT2D eigenvalue weighted by Crippen LogP contribution is 2.20. The van der Waals surface area contributed by atoms with Gasteiger partial charge in [0.1, 0.15) is 5.75 Å². The van der Waals surface area contributed by atoms with E-state index in [0.29, 0.717) is 18.0 Å². The second-order valence-corrected chi connectivity index (χ2v) is 4.50. The second kappa shape index (κ2) is 6.61. The van der Waals surface area contributed by atoms with E-state index in [9.17, 15) is 4.79 Å². The number of hydrogen-bond donors (Lipinski definition) is 2. The first kappa shape index (κ1) is 13.9. The van der Waals surface area contributed by atoms with Crippen LogP contribution in [0, 0.1) is 6.92 Å². The van der Waals surface area contributed by atoms with Crippen LogP contribution in [0.25, 0.3) is 0 Å². The summed E-state index contributed by atoms with van der Waals surface area (Å²) in [6.45, 7) is 2.25. The van der Waals surface area contributed by atoms with Crippen molar-refractivity contribution in [1.82, 2.24) is 0 Å². The summed E-state index contributed by atoms with van der Waals surface area (Å²) >= 11 is 0. The fourth-order valence-electron chi connectivity index (χ4n) is 1.79. The third-order valence-electron chi connectivity index (χ3n) is 2.92. The summed E-state index contributed by atoms with van der Waals surface area (Å²) in [6.07, 6.45) is 0.280. The van der Waals surface area contributed by atoms with E-state index in [-0.39, 0.29) is 12.3 Å². The maximum Gasteiger partial charge on any atom is 0.227 e. The van der Waals surface area contributed by atoms with Crippen molar-refractivity contribution in [2.24, 2.45) is 0 Å². The molecule has 0 unspecified atom stereocenters. The van der Waals surface area contributed by atoms with Gasteiger partial charge in [-0.25, -0.2) is 0 Å². The van der Waals surface area contributed by atoms with Crippen LogP contribution in [-0.2, 0) is 4.79 Å². The molecule has 0 aliphatic carbocycles. The van der Waals surface area contributed by atoms with Gasteiger partial charge in [-0.15, -0.1) is 0 Å². The molecule has 2 rings (SSSR count). The molecule has 0 saturated heterocycles. The van der Waals surface area contributed by atoms with Gasteiger partial charge in [-0.05, 0) is 30.7 Å². The lowest BCUT2D eigenvalue weighted by Gasteiger charge is -2.10. The van der Waals surface area contributed by atoms with Crippen molar-refractivity contribution >= 4 is 17.3 Å². The van der Waals surface area contributed by atoms with Crippen molar-refractivity contribution < 1.29 is 9.53 Å². The molecule has 0 radical (unpaired) electrons. The van der Waals surface area contributed by atoms with Gasteiger partial charge in [0.25, 0.3) is 0 Å². The van der Waals surface area contributed by atoms with E-state index in [0.717, 1.165) is 11.3 Å². The molecule has 0 saturated carbocycles. The summed E-state index contributed by atoms with van der Waals surface area (Å²) in [5.41, 5.74) is 8.20. The molecule has 20 heavy (non-hydrogen) atoms. The zero-order chi connectivity index (χ0) is 14.4. The number of hydrogen-bond acceptors (Lipinski definition) is 3. The monoisotopic (exact) mass is 270 g/mol. The van der Waals surface area contributed by atoms with Gasteiger partial charge in [0, 0.05) is 5.69 Å². The number of aryl methyl sites for hydroxylation is 1. The third kappa shape index (κ3) is 3.75. The van der Waals surface area contributed by atoms with Crippen LogP contribution in [0.2, 0.25) is 0 Å². The lowest BCUT2D eigenvalue weighted by Crippen LogP contribution is -2.16. The number of carbonyl (C=O) groups is 1. The van der Waals surface area contributed by atoms with Gasteiger partial charge < -0.3 is 15.8 Å². The van der Waals surface area contributed by atoms with E-state index >= 15 is 0 Å². The fourth-order valence-corrected chi connectivity index (χ4v) is 1.79. The Labute approximate surface area is 118 Å². The van der Waals surface area contributed by atoms with Crippen molar-refractivity contribution in [1.29, 1.82) is 0 Å². The summed E-state index contributed by atoms with van der Waals surface area (Å²) < 4.78 is 5.49. The predicted molar refractivity (Wildman–Crippen MR) is 80.8 cm³/mol.